The van der Waals surface area contributed by atoms with Crippen LogP contribution in [0.1, 0.15) is 24.3 Å². The van der Waals surface area contributed by atoms with Crippen LogP contribution in [0.5, 0.6) is 11.5 Å². The molecule has 1 saturated carbocycles. The van der Waals surface area contributed by atoms with E-state index < -0.39 is 6.03 Å². The molecule has 3 rings (SSSR count). The lowest BCUT2D eigenvalue weighted by Gasteiger charge is -2.40. The highest BCUT2D eigenvalue weighted by atomic mass is 16.5. The van der Waals surface area contributed by atoms with Gasteiger partial charge in [-0.05, 0) is 42.7 Å². The monoisotopic (exact) mass is 298 g/mol. The molecule has 0 aliphatic heterocycles. The minimum atomic E-state index is -0.814. The fourth-order valence-electron chi connectivity index (χ4n) is 2.76. The molecule has 2 aromatic rings. The number of hydrogen-bond donors (Lipinski definition) is 2. The van der Waals surface area contributed by atoms with E-state index in [1.54, 1.807) is 0 Å². The number of carbonyl (C=O) groups excluding carboxylic acids is 1. The maximum absolute atomic E-state index is 11.1. The number of hydrogen-bond acceptors (Lipinski definition) is 3. The number of rotatable bonds is 4. The van der Waals surface area contributed by atoms with E-state index in [0.29, 0.717) is 5.06 Å². The lowest BCUT2D eigenvalue weighted by molar-refractivity contribution is -0.105. The third kappa shape index (κ3) is 2.89. The van der Waals surface area contributed by atoms with Gasteiger partial charge < -0.3 is 10.5 Å². The molecular weight excluding hydrogens is 280 g/mol. The Hall–Kier alpha value is -2.53. The van der Waals surface area contributed by atoms with E-state index in [1.165, 1.54) is 0 Å². The van der Waals surface area contributed by atoms with Crippen LogP contribution in [0.25, 0.3) is 0 Å². The molecule has 0 aromatic heterocycles. The average molecular weight is 298 g/mol. The van der Waals surface area contributed by atoms with Crippen LogP contribution in [0, 0.1) is 0 Å². The highest BCUT2D eigenvalue weighted by Gasteiger charge is 2.38. The highest BCUT2D eigenvalue weighted by Crippen LogP contribution is 2.41. The second-order valence-electron chi connectivity index (χ2n) is 5.42. The van der Waals surface area contributed by atoms with Gasteiger partial charge in [-0.15, -0.1) is 0 Å². The Morgan fingerprint density at radius 2 is 1.82 bits per heavy atom. The quantitative estimate of drug-likeness (QED) is 0.670. The van der Waals surface area contributed by atoms with E-state index in [4.69, 9.17) is 10.5 Å². The lowest BCUT2D eigenvalue weighted by atomic mass is 9.75. The molecule has 0 bridgehead atoms. The zero-order chi connectivity index (χ0) is 15.5. The van der Waals surface area contributed by atoms with Gasteiger partial charge in [0.15, 0.2) is 0 Å². The van der Waals surface area contributed by atoms with Crippen LogP contribution in [0.3, 0.4) is 0 Å². The van der Waals surface area contributed by atoms with Crippen molar-refractivity contribution in [1.29, 1.82) is 0 Å². The molecule has 5 nitrogen and oxygen atoms in total. The second kappa shape index (κ2) is 6.07. The maximum atomic E-state index is 11.1. The van der Waals surface area contributed by atoms with E-state index in [0.717, 1.165) is 29.9 Å². The summed E-state index contributed by atoms with van der Waals surface area (Å²) in [6.07, 6.45) is 1.65. The molecule has 2 atom stereocenters. The van der Waals surface area contributed by atoms with Crippen molar-refractivity contribution >= 4 is 6.03 Å². The Balaban J connectivity index is 1.75. The molecule has 0 saturated heterocycles. The molecule has 1 fully saturated rings. The van der Waals surface area contributed by atoms with Gasteiger partial charge in [0.1, 0.15) is 11.5 Å². The first-order chi connectivity index (χ1) is 10.6. The SMILES string of the molecule is NC(=O)N(O)C1CCC1c1cccc(Oc2ccccc2)c1. The van der Waals surface area contributed by atoms with Gasteiger partial charge >= 0.3 is 6.03 Å². The summed E-state index contributed by atoms with van der Waals surface area (Å²) in [5, 5.41) is 10.3. The average Bonchev–Trinajstić information content (AvgIpc) is 2.47. The molecule has 3 N–H and O–H groups in total. The van der Waals surface area contributed by atoms with Gasteiger partial charge in [0.05, 0.1) is 6.04 Å². The highest BCUT2D eigenvalue weighted by molar-refractivity contribution is 5.71. The zero-order valence-corrected chi connectivity index (χ0v) is 12.1. The molecule has 1 aliphatic carbocycles. The first-order valence-corrected chi connectivity index (χ1v) is 7.25. The summed E-state index contributed by atoms with van der Waals surface area (Å²) in [5.41, 5.74) is 6.16. The number of nitrogens with zero attached hydrogens (tertiary/aromatic N) is 1. The van der Waals surface area contributed by atoms with Crippen molar-refractivity contribution in [3.05, 3.63) is 60.2 Å². The Kier molecular flexibility index (Phi) is 3.98. The normalized spacial score (nSPS) is 20.0. The van der Waals surface area contributed by atoms with E-state index in [-0.39, 0.29) is 12.0 Å². The number of primary amides is 1. The molecule has 2 aromatic carbocycles. The predicted octanol–water partition coefficient (Wildman–Crippen LogP) is 3.49. The van der Waals surface area contributed by atoms with Crippen molar-refractivity contribution in [3.63, 3.8) is 0 Å². The van der Waals surface area contributed by atoms with Gasteiger partial charge in [-0.2, -0.15) is 0 Å². The van der Waals surface area contributed by atoms with Crippen molar-refractivity contribution in [2.24, 2.45) is 5.73 Å². The molecule has 5 heteroatoms. The van der Waals surface area contributed by atoms with Crippen molar-refractivity contribution < 1.29 is 14.7 Å². The molecule has 0 spiro atoms. The van der Waals surface area contributed by atoms with Crippen molar-refractivity contribution in [1.82, 2.24) is 5.06 Å². The van der Waals surface area contributed by atoms with E-state index >= 15 is 0 Å². The first kappa shape index (κ1) is 14.4. The summed E-state index contributed by atoms with van der Waals surface area (Å²) in [5.74, 6) is 1.58. The Labute approximate surface area is 128 Å². The van der Waals surface area contributed by atoms with Crippen LogP contribution in [-0.2, 0) is 0 Å². The Bertz CT molecular complexity index is 660. The van der Waals surface area contributed by atoms with E-state index in [2.05, 4.69) is 0 Å². The molecule has 114 valence electrons. The van der Waals surface area contributed by atoms with Crippen LogP contribution >= 0.6 is 0 Å². The van der Waals surface area contributed by atoms with Crippen molar-refractivity contribution in [2.45, 2.75) is 24.8 Å². The number of hydroxylamine groups is 2. The van der Waals surface area contributed by atoms with Crippen molar-refractivity contribution in [3.8, 4) is 11.5 Å². The number of ether oxygens (including phenoxy) is 1. The van der Waals surface area contributed by atoms with Crippen LogP contribution in [-0.4, -0.2) is 22.3 Å². The number of carbonyl (C=O) groups is 1. The molecule has 0 heterocycles. The number of benzene rings is 2. The van der Waals surface area contributed by atoms with Crippen molar-refractivity contribution in [2.75, 3.05) is 0 Å². The second-order valence-corrected chi connectivity index (χ2v) is 5.42. The summed E-state index contributed by atoms with van der Waals surface area (Å²) >= 11 is 0. The number of nitrogens with two attached hydrogens (primary N) is 1. The number of urea groups is 1. The van der Waals surface area contributed by atoms with Crippen LogP contribution in [0.4, 0.5) is 4.79 Å². The fourth-order valence-corrected chi connectivity index (χ4v) is 2.76. The van der Waals surface area contributed by atoms with E-state index in [9.17, 15) is 10.0 Å². The van der Waals surface area contributed by atoms with Gasteiger partial charge in [-0.3, -0.25) is 5.21 Å². The first-order valence-electron chi connectivity index (χ1n) is 7.25. The van der Waals surface area contributed by atoms with Crippen LogP contribution < -0.4 is 10.5 Å². The minimum Gasteiger partial charge on any atom is -0.457 e. The third-order valence-electron chi connectivity index (χ3n) is 4.04. The maximum Gasteiger partial charge on any atom is 0.338 e. The molecular formula is C17H18N2O3. The summed E-state index contributed by atoms with van der Waals surface area (Å²) in [4.78, 5) is 11.1. The van der Waals surface area contributed by atoms with Gasteiger partial charge in [0.25, 0.3) is 0 Å². The van der Waals surface area contributed by atoms with Gasteiger partial charge in [0.2, 0.25) is 0 Å². The molecule has 0 radical (unpaired) electrons. The summed E-state index contributed by atoms with van der Waals surface area (Å²) in [7, 11) is 0. The Morgan fingerprint density at radius 1 is 1.09 bits per heavy atom. The smallest absolute Gasteiger partial charge is 0.338 e. The van der Waals surface area contributed by atoms with Gasteiger partial charge in [-0.25, -0.2) is 9.86 Å². The topological polar surface area (TPSA) is 75.8 Å². The van der Waals surface area contributed by atoms with Crippen LogP contribution in [0.15, 0.2) is 54.6 Å². The van der Waals surface area contributed by atoms with Gasteiger partial charge in [0, 0.05) is 5.92 Å². The third-order valence-corrected chi connectivity index (χ3v) is 4.04. The zero-order valence-electron chi connectivity index (χ0n) is 12.1. The molecule has 1 aliphatic rings. The molecule has 2 unspecified atom stereocenters. The molecule has 22 heavy (non-hydrogen) atoms. The minimum absolute atomic E-state index is 0.0804. The van der Waals surface area contributed by atoms with Gasteiger partial charge in [-0.1, -0.05) is 30.3 Å². The Morgan fingerprint density at radius 3 is 2.45 bits per heavy atom. The molecule has 2 amide bonds. The summed E-state index contributed by atoms with van der Waals surface area (Å²) in [6, 6.07) is 16.2. The number of para-hydroxylation sites is 1. The largest absolute Gasteiger partial charge is 0.457 e. The lowest BCUT2D eigenvalue weighted by Crippen LogP contribution is -2.49. The summed E-state index contributed by atoms with van der Waals surface area (Å²) < 4.78 is 5.81. The van der Waals surface area contributed by atoms with E-state index in [1.807, 2.05) is 54.6 Å². The predicted molar refractivity (Wildman–Crippen MR) is 81.9 cm³/mol. The van der Waals surface area contributed by atoms with Crippen LogP contribution in [0.2, 0.25) is 0 Å². The number of amides is 2. The summed E-state index contributed by atoms with van der Waals surface area (Å²) in [6.45, 7) is 0. The fraction of sp³-hybridized carbons (Fsp3) is 0.235. The standard InChI is InChI=1S/C17H18N2O3/c18-17(20)19(21)16-10-9-15(16)12-5-4-8-14(11-12)22-13-6-2-1-3-7-13/h1-8,11,15-16,21H,9-10H2,(H2,18,20).